The quantitative estimate of drug-likeness (QED) is 0.297. The topological polar surface area (TPSA) is 122 Å². The molecule has 1 aliphatic carbocycles. The zero-order chi connectivity index (χ0) is 28.1. The monoisotopic (exact) mass is 552 g/mol. The van der Waals surface area contributed by atoms with E-state index in [1.54, 1.807) is 48.4 Å². The van der Waals surface area contributed by atoms with Gasteiger partial charge in [0.05, 0.1) is 29.6 Å². The lowest BCUT2D eigenvalue weighted by molar-refractivity contribution is -0.116. The second kappa shape index (κ2) is 12.1. The number of ether oxygens (including phenoxy) is 3. The smallest absolute Gasteiger partial charge is 0.458 e. The van der Waals surface area contributed by atoms with Crippen LogP contribution in [0, 0.1) is 19.8 Å². The number of allylic oxidation sites excluding steroid dienone is 2. The third-order valence-electron chi connectivity index (χ3n) is 6.32. The summed E-state index contributed by atoms with van der Waals surface area (Å²) in [5.74, 6) is -0.443. The molecular formula is C28H29ClN4O6. The summed E-state index contributed by atoms with van der Waals surface area (Å²) < 4.78 is 17.3. The highest BCUT2D eigenvalue weighted by Gasteiger charge is 2.37. The Labute approximate surface area is 230 Å². The highest BCUT2D eigenvalue weighted by atomic mass is 35.5. The van der Waals surface area contributed by atoms with Crippen molar-refractivity contribution in [1.82, 2.24) is 20.1 Å². The minimum absolute atomic E-state index is 0.108. The van der Waals surface area contributed by atoms with Crippen LogP contribution in [-0.4, -0.2) is 52.6 Å². The van der Waals surface area contributed by atoms with E-state index in [4.69, 9.17) is 21.1 Å². The second-order valence-electron chi connectivity index (χ2n) is 9.14. The molecule has 0 saturated heterocycles. The summed E-state index contributed by atoms with van der Waals surface area (Å²) in [5, 5.41) is 7.60. The number of benzene rings is 1. The van der Waals surface area contributed by atoms with Crippen LogP contribution < -0.4 is 5.32 Å². The predicted molar refractivity (Wildman–Crippen MR) is 143 cm³/mol. The van der Waals surface area contributed by atoms with E-state index in [0.29, 0.717) is 28.5 Å². The lowest BCUT2D eigenvalue weighted by Crippen LogP contribution is -2.27. The van der Waals surface area contributed by atoms with Crippen molar-refractivity contribution in [2.75, 3.05) is 13.7 Å². The zero-order valence-electron chi connectivity index (χ0n) is 22.1. The molecule has 2 atom stereocenters. The van der Waals surface area contributed by atoms with Crippen molar-refractivity contribution in [1.29, 1.82) is 0 Å². The number of nitrogens with zero attached hydrogens (tertiary/aromatic N) is 3. The number of halogens is 1. The first-order valence-corrected chi connectivity index (χ1v) is 12.8. The molecule has 0 saturated carbocycles. The normalized spacial score (nSPS) is 15.7. The van der Waals surface area contributed by atoms with Crippen molar-refractivity contribution in [2.24, 2.45) is 5.92 Å². The minimum atomic E-state index is -0.982. The van der Waals surface area contributed by atoms with E-state index in [1.165, 1.54) is 7.11 Å². The number of pyridine rings is 1. The summed E-state index contributed by atoms with van der Waals surface area (Å²) in [6.45, 7) is 5.64. The van der Waals surface area contributed by atoms with Gasteiger partial charge in [0.25, 0.3) is 5.91 Å². The van der Waals surface area contributed by atoms with Crippen LogP contribution in [0.1, 0.15) is 46.9 Å². The number of Topliss-reactive ketones (excluding diaryl/α,β-unsaturated/α-hetero) is 1. The first kappa shape index (κ1) is 27.8. The van der Waals surface area contributed by atoms with Crippen LogP contribution in [0.25, 0.3) is 11.3 Å². The molecule has 2 aromatic heterocycles. The maximum absolute atomic E-state index is 13.8. The molecule has 1 amide bonds. The predicted octanol–water partition coefficient (Wildman–Crippen LogP) is 4.80. The molecule has 2 heterocycles. The molecular weight excluding hydrogens is 524 g/mol. The van der Waals surface area contributed by atoms with E-state index in [1.807, 2.05) is 26.0 Å². The van der Waals surface area contributed by atoms with Gasteiger partial charge < -0.3 is 19.5 Å². The third kappa shape index (κ3) is 6.46. The molecule has 1 N–H and O–H groups in total. The Morgan fingerprint density at radius 2 is 1.97 bits per heavy atom. The van der Waals surface area contributed by atoms with Crippen LogP contribution in [0.2, 0.25) is 5.02 Å². The molecule has 0 radical (unpaired) electrons. The molecule has 0 aliphatic heterocycles. The van der Waals surface area contributed by atoms with Crippen molar-refractivity contribution in [3.05, 3.63) is 82.1 Å². The van der Waals surface area contributed by atoms with Crippen LogP contribution in [0.5, 0.6) is 0 Å². The van der Waals surface area contributed by atoms with Crippen LogP contribution in [-0.2, 0) is 19.0 Å². The molecule has 1 aliphatic rings. The van der Waals surface area contributed by atoms with Crippen molar-refractivity contribution < 1.29 is 28.6 Å². The maximum atomic E-state index is 13.8. The molecule has 204 valence electrons. The van der Waals surface area contributed by atoms with E-state index in [2.05, 4.69) is 20.1 Å². The van der Waals surface area contributed by atoms with Crippen LogP contribution in [0.3, 0.4) is 0 Å². The van der Waals surface area contributed by atoms with E-state index in [0.717, 1.165) is 22.4 Å². The van der Waals surface area contributed by atoms with Gasteiger partial charge in [0, 0.05) is 38.2 Å². The Morgan fingerprint density at radius 3 is 2.59 bits per heavy atom. The molecule has 4 rings (SSSR count). The third-order valence-corrected chi connectivity index (χ3v) is 6.52. The van der Waals surface area contributed by atoms with Gasteiger partial charge in [-0.2, -0.15) is 5.10 Å². The lowest BCUT2D eigenvalue weighted by Gasteiger charge is -2.18. The summed E-state index contributed by atoms with van der Waals surface area (Å²) in [7, 11) is 1.20. The molecule has 11 heteroatoms. The number of methoxy groups -OCH3 is 1. The molecule has 0 spiro atoms. The lowest BCUT2D eigenvalue weighted by atomic mass is 9.91. The largest absolute Gasteiger partial charge is 0.511 e. The number of carbonyl (C=O) groups is 3. The Hall–Kier alpha value is -4.18. The van der Waals surface area contributed by atoms with Crippen LogP contribution in [0.4, 0.5) is 4.79 Å². The number of nitrogens with one attached hydrogen (secondary N) is 1. The number of aryl methyl sites for hydroxylation is 2. The van der Waals surface area contributed by atoms with E-state index in [9.17, 15) is 14.4 Å². The fourth-order valence-electron chi connectivity index (χ4n) is 4.63. The van der Waals surface area contributed by atoms with Gasteiger partial charge in [0.2, 0.25) is 6.29 Å². The van der Waals surface area contributed by atoms with Gasteiger partial charge in [-0.15, -0.1) is 0 Å². The molecule has 39 heavy (non-hydrogen) atoms. The van der Waals surface area contributed by atoms with Crippen molar-refractivity contribution >= 4 is 35.0 Å². The van der Waals surface area contributed by atoms with Gasteiger partial charge in [-0.3, -0.25) is 14.6 Å². The number of amides is 1. The van der Waals surface area contributed by atoms with E-state index in [-0.39, 0.29) is 24.7 Å². The molecule has 0 bridgehead atoms. The second-order valence-corrected chi connectivity index (χ2v) is 9.57. The minimum Gasteiger partial charge on any atom is -0.458 e. The highest BCUT2D eigenvalue weighted by Crippen LogP contribution is 2.40. The van der Waals surface area contributed by atoms with E-state index >= 15 is 0 Å². The SMILES string of the molecule is COC(=O)OC(C)OC1=C(c2c(C)cc(-n3cc(Cl)cn3)cc2C)C(=O)C(CCNC(=O)c2ccccn2)C1. The van der Waals surface area contributed by atoms with Crippen molar-refractivity contribution in [3.8, 4) is 5.69 Å². The molecule has 1 aromatic carbocycles. The molecule has 3 aromatic rings. The molecule has 2 unspecified atom stereocenters. The van der Waals surface area contributed by atoms with Gasteiger partial charge >= 0.3 is 6.16 Å². The Morgan fingerprint density at radius 1 is 1.23 bits per heavy atom. The number of ketones is 1. The Bertz CT molecular complexity index is 1400. The van der Waals surface area contributed by atoms with E-state index < -0.39 is 18.4 Å². The first-order valence-electron chi connectivity index (χ1n) is 12.4. The van der Waals surface area contributed by atoms with Crippen molar-refractivity contribution in [3.63, 3.8) is 0 Å². The van der Waals surface area contributed by atoms with Gasteiger partial charge in [0.15, 0.2) is 5.78 Å². The maximum Gasteiger partial charge on any atom is 0.511 e. The summed E-state index contributed by atoms with van der Waals surface area (Å²) in [4.78, 5) is 41.8. The molecule has 10 nitrogen and oxygen atoms in total. The van der Waals surface area contributed by atoms with Gasteiger partial charge in [-0.25, -0.2) is 9.48 Å². The average Bonchev–Trinajstić information content (AvgIpc) is 3.47. The first-order chi connectivity index (χ1) is 18.7. The summed E-state index contributed by atoms with van der Waals surface area (Å²) >= 11 is 6.04. The molecule has 0 fully saturated rings. The summed E-state index contributed by atoms with van der Waals surface area (Å²) in [6, 6.07) is 8.92. The number of aromatic nitrogens is 3. The standard InChI is InChI=1S/C28H29ClN4O6/c1-16-11-21(33-15-20(29)14-32-33)12-17(2)24(16)25-23(38-18(3)39-28(36)37-4)13-19(26(25)34)8-10-31-27(35)22-7-5-6-9-30-22/h5-7,9,11-12,14-15,18-19H,8,10,13H2,1-4H3,(H,31,35). The highest BCUT2D eigenvalue weighted by molar-refractivity contribution is 6.30. The Kier molecular flexibility index (Phi) is 8.65. The number of hydrogen-bond acceptors (Lipinski definition) is 8. The fraction of sp³-hybridized carbons (Fsp3) is 0.321. The van der Waals surface area contributed by atoms with Crippen LogP contribution >= 0.6 is 11.6 Å². The van der Waals surface area contributed by atoms with Crippen LogP contribution in [0.15, 0.2) is 54.7 Å². The fourth-order valence-corrected chi connectivity index (χ4v) is 4.76. The summed E-state index contributed by atoms with van der Waals surface area (Å²) in [5.41, 5.74) is 3.94. The zero-order valence-corrected chi connectivity index (χ0v) is 22.8. The van der Waals surface area contributed by atoms with Crippen molar-refractivity contribution in [2.45, 2.75) is 39.9 Å². The number of hydrogen-bond donors (Lipinski definition) is 1. The average molecular weight is 553 g/mol. The summed E-state index contributed by atoms with van der Waals surface area (Å²) in [6.07, 6.45) is 3.60. The Balaban J connectivity index is 1.59. The number of rotatable bonds is 9. The number of carbonyl (C=O) groups excluding carboxylic acids is 3. The van der Waals surface area contributed by atoms with Gasteiger partial charge in [-0.05, 0) is 61.2 Å². The van der Waals surface area contributed by atoms with Gasteiger partial charge in [0.1, 0.15) is 11.5 Å². The van der Waals surface area contributed by atoms with Gasteiger partial charge in [-0.1, -0.05) is 17.7 Å².